The first kappa shape index (κ1) is 19.2. The predicted molar refractivity (Wildman–Crippen MR) is 93.7 cm³/mol. The van der Waals surface area contributed by atoms with Gasteiger partial charge < -0.3 is 10.6 Å². The second-order valence-electron chi connectivity index (χ2n) is 5.50. The summed E-state index contributed by atoms with van der Waals surface area (Å²) in [5.74, 6) is -0.794. The van der Waals surface area contributed by atoms with E-state index in [0.29, 0.717) is 16.8 Å². The Bertz CT molecular complexity index is 858. The highest BCUT2D eigenvalue weighted by Gasteiger charge is 2.30. The molecule has 2 aromatic carbocycles. The van der Waals surface area contributed by atoms with Crippen molar-refractivity contribution in [2.75, 3.05) is 12.4 Å². The summed E-state index contributed by atoms with van der Waals surface area (Å²) in [6, 6.07) is 9.56. The summed E-state index contributed by atoms with van der Waals surface area (Å²) in [6.45, 7) is 1.69. The molecule has 0 aromatic heterocycles. The number of carbonyl (C=O) groups is 2. The molecule has 0 saturated carbocycles. The van der Waals surface area contributed by atoms with E-state index in [1.54, 1.807) is 25.1 Å². The van der Waals surface area contributed by atoms with E-state index in [4.69, 9.17) is 0 Å². The lowest BCUT2D eigenvalue weighted by molar-refractivity contribution is -0.137. The summed E-state index contributed by atoms with van der Waals surface area (Å²) < 4.78 is 38.1. The van der Waals surface area contributed by atoms with Crippen molar-refractivity contribution in [3.8, 4) is 0 Å². The Labute approximate surface area is 148 Å². The summed E-state index contributed by atoms with van der Waals surface area (Å²) in [5.41, 5.74) is 0.935. The molecule has 0 bridgehead atoms. The van der Waals surface area contributed by atoms with Crippen LogP contribution in [0.1, 0.15) is 27.0 Å². The molecule has 0 aliphatic heterocycles. The third-order valence-electron chi connectivity index (χ3n) is 3.70. The Balaban J connectivity index is 2.15. The molecule has 2 rings (SSSR count). The van der Waals surface area contributed by atoms with Crippen LogP contribution in [-0.2, 0) is 11.0 Å². The van der Waals surface area contributed by atoms with Crippen LogP contribution in [0.4, 0.5) is 18.9 Å². The van der Waals surface area contributed by atoms with Gasteiger partial charge in [0.25, 0.3) is 5.91 Å². The number of hydrogen-bond donors (Lipinski definition) is 2. The Morgan fingerprint density at radius 3 is 2.42 bits per heavy atom. The maximum absolute atomic E-state index is 12.7. The number of nitrogens with one attached hydrogen (secondary N) is 2. The average molecular weight is 362 g/mol. The average Bonchev–Trinajstić information content (AvgIpc) is 2.60. The van der Waals surface area contributed by atoms with Crippen LogP contribution in [-0.4, -0.2) is 18.9 Å². The van der Waals surface area contributed by atoms with Gasteiger partial charge in [-0.3, -0.25) is 9.59 Å². The molecule has 0 radical (unpaired) electrons. The second kappa shape index (κ2) is 7.86. The number of hydrogen-bond acceptors (Lipinski definition) is 2. The molecule has 2 amide bonds. The molecule has 0 spiro atoms. The summed E-state index contributed by atoms with van der Waals surface area (Å²) in [7, 11) is 1.50. The number of halogens is 3. The zero-order valence-electron chi connectivity index (χ0n) is 14.1. The van der Waals surface area contributed by atoms with Crippen LogP contribution in [0, 0.1) is 6.92 Å². The summed E-state index contributed by atoms with van der Waals surface area (Å²) in [5, 5.41) is 5.13. The third-order valence-corrected chi connectivity index (χ3v) is 3.70. The highest BCUT2D eigenvalue weighted by atomic mass is 19.4. The monoisotopic (exact) mass is 362 g/mol. The van der Waals surface area contributed by atoms with E-state index in [0.717, 1.165) is 18.2 Å². The van der Waals surface area contributed by atoms with Gasteiger partial charge in [0.1, 0.15) is 0 Å². The predicted octanol–water partition coefficient (Wildman–Crippen LogP) is 4.03. The first-order valence-electron chi connectivity index (χ1n) is 7.70. The molecule has 0 aliphatic rings. The zero-order chi connectivity index (χ0) is 19.3. The molecule has 2 aromatic rings. The summed E-state index contributed by atoms with van der Waals surface area (Å²) in [4.78, 5) is 23.8. The van der Waals surface area contributed by atoms with E-state index in [1.807, 2.05) is 0 Å². The highest BCUT2D eigenvalue weighted by molar-refractivity contribution is 6.04. The minimum atomic E-state index is -4.44. The van der Waals surface area contributed by atoms with E-state index >= 15 is 0 Å². The van der Waals surface area contributed by atoms with Crippen molar-refractivity contribution < 1.29 is 22.8 Å². The normalized spacial score (nSPS) is 11.4. The van der Waals surface area contributed by atoms with Gasteiger partial charge in [-0.1, -0.05) is 18.2 Å². The van der Waals surface area contributed by atoms with Gasteiger partial charge in [0.2, 0.25) is 5.91 Å². The molecular formula is C19H17F3N2O2. The molecule has 136 valence electrons. The van der Waals surface area contributed by atoms with Gasteiger partial charge in [-0.15, -0.1) is 0 Å². The number of alkyl halides is 3. The quantitative estimate of drug-likeness (QED) is 0.807. The summed E-state index contributed by atoms with van der Waals surface area (Å²) in [6.07, 6.45) is -2.01. The van der Waals surface area contributed by atoms with Gasteiger partial charge >= 0.3 is 6.18 Å². The van der Waals surface area contributed by atoms with E-state index in [1.165, 1.54) is 25.3 Å². The van der Waals surface area contributed by atoms with Crippen LogP contribution in [0.5, 0.6) is 0 Å². The largest absolute Gasteiger partial charge is 0.416 e. The molecule has 2 N–H and O–H groups in total. The van der Waals surface area contributed by atoms with Crippen molar-refractivity contribution in [1.82, 2.24) is 5.32 Å². The van der Waals surface area contributed by atoms with Gasteiger partial charge in [0.05, 0.1) is 5.56 Å². The molecule has 26 heavy (non-hydrogen) atoms. The standard InChI is InChI=1S/C19H17F3N2O2/c1-12-15(18(26)23-2)7-4-8-16(12)24-17(25)10-9-13-5-3-6-14(11-13)19(20,21)22/h3-11H,1-2H3,(H,23,26)(H,24,25)/b10-9+. The van der Waals surface area contributed by atoms with E-state index < -0.39 is 17.6 Å². The van der Waals surface area contributed by atoms with Crippen molar-refractivity contribution in [2.24, 2.45) is 0 Å². The molecule has 0 fully saturated rings. The minimum Gasteiger partial charge on any atom is -0.355 e. The molecular weight excluding hydrogens is 345 g/mol. The van der Waals surface area contributed by atoms with Crippen molar-refractivity contribution in [3.05, 3.63) is 70.8 Å². The lowest BCUT2D eigenvalue weighted by Gasteiger charge is -2.10. The molecule has 0 unspecified atom stereocenters. The van der Waals surface area contributed by atoms with E-state index in [2.05, 4.69) is 10.6 Å². The van der Waals surface area contributed by atoms with E-state index in [-0.39, 0.29) is 11.5 Å². The number of anilines is 1. The van der Waals surface area contributed by atoms with Gasteiger partial charge in [-0.25, -0.2) is 0 Å². The maximum atomic E-state index is 12.7. The van der Waals surface area contributed by atoms with Gasteiger partial charge in [-0.2, -0.15) is 13.2 Å². The molecule has 7 heteroatoms. The molecule has 0 saturated heterocycles. The van der Waals surface area contributed by atoms with Crippen molar-refractivity contribution >= 4 is 23.6 Å². The Morgan fingerprint density at radius 2 is 1.77 bits per heavy atom. The van der Waals surface area contributed by atoms with E-state index in [9.17, 15) is 22.8 Å². The maximum Gasteiger partial charge on any atom is 0.416 e. The fourth-order valence-corrected chi connectivity index (χ4v) is 2.32. The lowest BCUT2D eigenvalue weighted by Crippen LogP contribution is -2.20. The molecule has 0 heterocycles. The zero-order valence-corrected chi connectivity index (χ0v) is 14.1. The third kappa shape index (κ3) is 4.72. The first-order chi connectivity index (χ1) is 12.2. The number of amides is 2. The molecule has 0 atom stereocenters. The van der Waals surface area contributed by atoms with Crippen LogP contribution in [0.3, 0.4) is 0 Å². The van der Waals surface area contributed by atoms with Gasteiger partial charge in [0.15, 0.2) is 0 Å². The van der Waals surface area contributed by atoms with Crippen LogP contribution in [0.25, 0.3) is 6.08 Å². The number of carbonyl (C=O) groups excluding carboxylic acids is 2. The minimum absolute atomic E-state index is 0.255. The Kier molecular flexibility index (Phi) is 5.82. The number of benzene rings is 2. The lowest BCUT2D eigenvalue weighted by atomic mass is 10.1. The fraction of sp³-hybridized carbons (Fsp3) is 0.158. The van der Waals surface area contributed by atoms with Crippen LogP contribution in [0.2, 0.25) is 0 Å². The Morgan fingerprint density at radius 1 is 1.08 bits per heavy atom. The SMILES string of the molecule is CNC(=O)c1cccc(NC(=O)/C=C/c2cccc(C(F)(F)F)c2)c1C. The van der Waals surface area contributed by atoms with Gasteiger partial charge in [-0.05, 0) is 48.4 Å². The van der Waals surface area contributed by atoms with Crippen molar-refractivity contribution in [2.45, 2.75) is 13.1 Å². The smallest absolute Gasteiger partial charge is 0.355 e. The topological polar surface area (TPSA) is 58.2 Å². The van der Waals surface area contributed by atoms with Crippen LogP contribution in [0.15, 0.2) is 48.5 Å². The summed E-state index contributed by atoms with van der Waals surface area (Å²) >= 11 is 0. The number of rotatable bonds is 4. The van der Waals surface area contributed by atoms with Crippen LogP contribution < -0.4 is 10.6 Å². The molecule has 0 aliphatic carbocycles. The van der Waals surface area contributed by atoms with Crippen molar-refractivity contribution in [3.63, 3.8) is 0 Å². The van der Waals surface area contributed by atoms with Crippen molar-refractivity contribution in [1.29, 1.82) is 0 Å². The molecule has 4 nitrogen and oxygen atoms in total. The first-order valence-corrected chi connectivity index (χ1v) is 7.70. The highest BCUT2D eigenvalue weighted by Crippen LogP contribution is 2.29. The van der Waals surface area contributed by atoms with Crippen LogP contribution >= 0.6 is 0 Å². The Hall–Kier alpha value is -3.09. The fourth-order valence-electron chi connectivity index (χ4n) is 2.32. The second-order valence-corrected chi connectivity index (χ2v) is 5.50. The van der Waals surface area contributed by atoms with Gasteiger partial charge in [0, 0.05) is 24.4 Å².